The van der Waals surface area contributed by atoms with Crippen LogP contribution in [0.1, 0.15) is 30.0 Å². The monoisotopic (exact) mass is 556 g/mol. The molecule has 1 aliphatic heterocycles. The topological polar surface area (TPSA) is 76.5 Å². The third-order valence-electron chi connectivity index (χ3n) is 7.24. The molecule has 0 spiro atoms. The Morgan fingerprint density at radius 2 is 1.77 bits per heavy atom. The number of benzene rings is 3. The van der Waals surface area contributed by atoms with E-state index >= 15 is 0 Å². The first kappa shape index (κ1) is 27.9. The Bertz CT molecular complexity index is 1500. The van der Waals surface area contributed by atoms with E-state index in [1.54, 1.807) is 4.57 Å². The van der Waals surface area contributed by atoms with Crippen LogP contribution in [0.25, 0.3) is 10.9 Å². The molecule has 0 radical (unpaired) electrons. The summed E-state index contributed by atoms with van der Waals surface area (Å²) in [6, 6.07) is 24.2. The number of carbonyl (C=O) groups excluding carboxylic acids is 1. The summed E-state index contributed by atoms with van der Waals surface area (Å²) in [7, 11) is 0. The number of amides is 1. The van der Waals surface area contributed by atoms with Gasteiger partial charge in [0.15, 0.2) is 5.16 Å². The van der Waals surface area contributed by atoms with E-state index in [-0.39, 0.29) is 16.7 Å². The molecule has 7 nitrogen and oxygen atoms in total. The van der Waals surface area contributed by atoms with E-state index in [0.717, 1.165) is 29.9 Å². The second-order valence-corrected chi connectivity index (χ2v) is 11.3. The predicted molar refractivity (Wildman–Crippen MR) is 162 cm³/mol. The number of hydrogen-bond donors (Lipinski definition) is 1. The van der Waals surface area contributed by atoms with Crippen LogP contribution in [0.3, 0.4) is 0 Å². The summed E-state index contributed by atoms with van der Waals surface area (Å²) in [6.45, 7) is 7.93. The third kappa shape index (κ3) is 6.74. The van der Waals surface area contributed by atoms with Crippen LogP contribution in [0.4, 0.5) is 5.69 Å². The van der Waals surface area contributed by atoms with Crippen molar-refractivity contribution in [3.63, 3.8) is 0 Å². The largest absolute Gasteiger partial charge is 0.378 e. The summed E-state index contributed by atoms with van der Waals surface area (Å²) in [5.74, 6) is -0.0558. The molecule has 1 amide bonds. The molecule has 1 saturated heterocycles. The highest BCUT2D eigenvalue weighted by atomic mass is 32.2. The van der Waals surface area contributed by atoms with Crippen LogP contribution in [0.2, 0.25) is 0 Å². The average Bonchev–Trinajstić information content (AvgIpc) is 3.00. The normalized spacial score (nSPS) is 14.3. The molecule has 0 aliphatic carbocycles. The fraction of sp³-hybridized carbons (Fsp3) is 0.344. The molecule has 1 unspecified atom stereocenters. The van der Waals surface area contributed by atoms with Gasteiger partial charge in [0, 0.05) is 31.9 Å². The van der Waals surface area contributed by atoms with Crippen LogP contribution in [-0.4, -0.2) is 47.0 Å². The lowest BCUT2D eigenvalue weighted by Crippen LogP contribution is -2.36. The van der Waals surface area contributed by atoms with Crippen molar-refractivity contribution < 1.29 is 9.53 Å². The van der Waals surface area contributed by atoms with Gasteiger partial charge in [-0.25, -0.2) is 4.98 Å². The third-order valence-corrected chi connectivity index (χ3v) is 8.60. The Morgan fingerprint density at radius 1 is 1.02 bits per heavy atom. The number of thioether (sulfide) groups is 1. The second kappa shape index (κ2) is 13.2. The summed E-state index contributed by atoms with van der Waals surface area (Å²) in [6.07, 6.45) is 1.31. The van der Waals surface area contributed by atoms with Gasteiger partial charge in [-0.3, -0.25) is 14.2 Å². The first-order valence-corrected chi connectivity index (χ1v) is 14.8. The smallest absolute Gasteiger partial charge is 0.262 e. The molecule has 0 bridgehead atoms. The Labute approximate surface area is 239 Å². The SMILES string of the molecule is CCC(Sc1nc2ccc(N3CCOCC3)cc2c(=O)n1CCc1ccccc1)C(=O)NCc1ccc(C)cc1. The zero-order valence-electron chi connectivity index (χ0n) is 23.1. The van der Waals surface area contributed by atoms with Gasteiger partial charge in [0.2, 0.25) is 5.91 Å². The van der Waals surface area contributed by atoms with E-state index in [2.05, 4.69) is 22.3 Å². The van der Waals surface area contributed by atoms with E-state index in [1.165, 1.54) is 17.3 Å². The highest BCUT2D eigenvalue weighted by Gasteiger charge is 2.22. The molecule has 1 fully saturated rings. The maximum atomic E-state index is 13.9. The van der Waals surface area contributed by atoms with E-state index < -0.39 is 0 Å². The fourth-order valence-corrected chi connectivity index (χ4v) is 5.90. The predicted octanol–water partition coefficient (Wildman–Crippen LogP) is 4.97. The van der Waals surface area contributed by atoms with Crippen LogP contribution in [-0.2, 0) is 29.0 Å². The number of rotatable bonds is 10. The molecule has 5 rings (SSSR count). The van der Waals surface area contributed by atoms with Gasteiger partial charge in [0.25, 0.3) is 5.56 Å². The number of anilines is 1. The van der Waals surface area contributed by atoms with E-state index in [4.69, 9.17) is 9.72 Å². The maximum Gasteiger partial charge on any atom is 0.262 e. The molecular formula is C32H36N4O3S. The maximum absolute atomic E-state index is 13.9. The summed E-state index contributed by atoms with van der Waals surface area (Å²) < 4.78 is 7.25. The van der Waals surface area contributed by atoms with Crippen molar-refractivity contribution in [1.82, 2.24) is 14.9 Å². The van der Waals surface area contributed by atoms with Gasteiger partial charge in [-0.1, -0.05) is 78.8 Å². The van der Waals surface area contributed by atoms with Crippen LogP contribution in [0, 0.1) is 6.92 Å². The van der Waals surface area contributed by atoms with E-state index in [0.29, 0.717) is 55.2 Å². The minimum absolute atomic E-state index is 0.0558. The van der Waals surface area contributed by atoms with Gasteiger partial charge < -0.3 is 15.0 Å². The number of aryl methyl sites for hydroxylation is 2. The van der Waals surface area contributed by atoms with Gasteiger partial charge in [-0.2, -0.15) is 0 Å². The van der Waals surface area contributed by atoms with Crippen molar-refractivity contribution in [1.29, 1.82) is 0 Å². The highest BCUT2D eigenvalue weighted by molar-refractivity contribution is 8.00. The quantitative estimate of drug-likeness (QED) is 0.220. The summed E-state index contributed by atoms with van der Waals surface area (Å²) in [5.41, 5.74) is 4.97. The van der Waals surface area contributed by atoms with Gasteiger partial charge in [0.05, 0.1) is 29.4 Å². The lowest BCUT2D eigenvalue weighted by Gasteiger charge is -2.29. The molecule has 1 aliphatic rings. The Morgan fingerprint density at radius 3 is 2.50 bits per heavy atom. The van der Waals surface area contributed by atoms with Gasteiger partial charge in [-0.15, -0.1) is 0 Å². The molecule has 3 aromatic carbocycles. The fourth-order valence-electron chi connectivity index (χ4n) is 4.84. The number of carbonyl (C=O) groups is 1. The van der Waals surface area contributed by atoms with Gasteiger partial charge in [-0.05, 0) is 49.1 Å². The molecular weight excluding hydrogens is 520 g/mol. The summed E-state index contributed by atoms with van der Waals surface area (Å²) in [4.78, 5) is 34.3. The average molecular weight is 557 g/mol. The van der Waals surface area contributed by atoms with Crippen molar-refractivity contribution in [2.75, 3.05) is 31.2 Å². The number of morpholine rings is 1. The highest BCUT2D eigenvalue weighted by Crippen LogP contribution is 2.27. The molecule has 4 aromatic rings. The number of fused-ring (bicyclic) bond motifs is 1. The van der Waals surface area contributed by atoms with E-state index in [1.807, 2.05) is 74.5 Å². The molecule has 1 atom stereocenters. The van der Waals surface area contributed by atoms with Crippen molar-refractivity contribution in [3.8, 4) is 0 Å². The summed E-state index contributed by atoms with van der Waals surface area (Å²) in [5, 5.41) is 3.87. The zero-order valence-corrected chi connectivity index (χ0v) is 24.0. The van der Waals surface area contributed by atoms with Crippen molar-refractivity contribution >= 4 is 34.3 Å². The molecule has 0 saturated carbocycles. The second-order valence-electron chi connectivity index (χ2n) is 10.1. The molecule has 1 N–H and O–H groups in total. The number of aromatic nitrogens is 2. The molecule has 208 valence electrons. The first-order chi connectivity index (χ1) is 19.5. The number of hydrogen-bond acceptors (Lipinski definition) is 6. The lowest BCUT2D eigenvalue weighted by atomic mass is 10.1. The number of nitrogens with zero attached hydrogens (tertiary/aromatic N) is 3. The minimum atomic E-state index is -0.370. The zero-order chi connectivity index (χ0) is 27.9. The first-order valence-electron chi connectivity index (χ1n) is 13.9. The lowest BCUT2D eigenvalue weighted by molar-refractivity contribution is -0.120. The van der Waals surface area contributed by atoms with Crippen molar-refractivity contribution in [2.24, 2.45) is 0 Å². The van der Waals surface area contributed by atoms with Crippen LogP contribution in [0.5, 0.6) is 0 Å². The van der Waals surface area contributed by atoms with Gasteiger partial charge in [0.1, 0.15) is 0 Å². The van der Waals surface area contributed by atoms with Crippen molar-refractivity contribution in [2.45, 2.75) is 50.2 Å². The Kier molecular flexibility index (Phi) is 9.19. The Balaban J connectivity index is 1.43. The minimum Gasteiger partial charge on any atom is -0.378 e. The number of ether oxygens (including phenoxy) is 1. The molecule has 2 heterocycles. The van der Waals surface area contributed by atoms with E-state index in [9.17, 15) is 9.59 Å². The summed E-state index contributed by atoms with van der Waals surface area (Å²) >= 11 is 1.37. The van der Waals surface area contributed by atoms with Gasteiger partial charge >= 0.3 is 0 Å². The standard InChI is InChI=1S/C32H36N4O3S/c1-3-29(30(37)33-22-25-11-9-23(2)10-12-25)40-32-34-28-14-13-26(35-17-19-39-20-18-35)21-27(28)31(38)36(32)16-15-24-7-5-4-6-8-24/h4-14,21,29H,3,15-20,22H2,1-2H3,(H,33,37). The van der Waals surface area contributed by atoms with Crippen molar-refractivity contribution in [3.05, 3.63) is 99.8 Å². The van der Waals surface area contributed by atoms with Crippen LogP contribution < -0.4 is 15.8 Å². The van der Waals surface area contributed by atoms with Crippen LogP contribution >= 0.6 is 11.8 Å². The molecule has 8 heteroatoms. The number of nitrogens with one attached hydrogen (secondary N) is 1. The van der Waals surface area contributed by atoms with Crippen LogP contribution in [0.15, 0.2) is 82.7 Å². The Hall–Kier alpha value is -3.62. The molecule has 40 heavy (non-hydrogen) atoms. The molecule has 1 aromatic heterocycles.